The summed E-state index contributed by atoms with van der Waals surface area (Å²) in [4.78, 5) is 23.1. The number of carboxylic acids is 1. The summed E-state index contributed by atoms with van der Waals surface area (Å²) in [5.74, 6) is -1.76. The van der Waals surface area contributed by atoms with Crippen LogP contribution >= 0.6 is 0 Å². The van der Waals surface area contributed by atoms with Gasteiger partial charge < -0.3 is 14.6 Å². The summed E-state index contributed by atoms with van der Waals surface area (Å²) >= 11 is 0. The first-order chi connectivity index (χ1) is 8.05. The molecule has 17 heavy (non-hydrogen) atoms. The van der Waals surface area contributed by atoms with Crippen LogP contribution in [0.25, 0.3) is 0 Å². The van der Waals surface area contributed by atoms with Crippen LogP contribution < -0.4 is 0 Å². The van der Waals surface area contributed by atoms with Crippen LogP contribution in [-0.4, -0.2) is 42.3 Å². The minimum Gasteiger partial charge on any atom is -0.479 e. The van der Waals surface area contributed by atoms with Crippen molar-refractivity contribution in [3.63, 3.8) is 0 Å². The Bertz CT molecular complexity index is 251. The summed E-state index contributed by atoms with van der Waals surface area (Å²) in [5.41, 5.74) is -1.75. The number of hydrogen-bond donors (Lipinski definition) is 1. The van der Waals surface area contributed by atoms with Gasteiger partial charge in [-0.3, -0.25) is 4.79 Å². The van der Waals surface area contributed by atoms with Crippen molar-refractivity contribution in [3.05, 3.63) is 0 Å². The van der Waals surface area contributed by atoms with Gasteiger partial charge in [0.2, 0.25) is 11.4 Å². The summed E-state index contributed by atoms with van der Waals surface area (Å²) in [5, 5.41) is 9.18. The Morgan fingerprint density at radius 3 is 2.12 bits per heavy atom. The van der Waals surface area contributed by atoms with E-state index in [0.717, 1.165) is 6.42 Å². The van der Waals surface area contributed by atoms with Crippen molar-refractivity contribution in [1.29, 1.82) is 0 Å². The van der Waals surface area contributed by atoms with Gasteiger partial charge in [0.1, 0.15) is 6.61 Å². The number of aliphatic carboxylic acids is 1. The monoisotopic (exact) mass is 246 g/mol. The van der Waals surface area contributed by atoms with E-state index >= 15 is 0 Å². The molecular formula is C12H22O5. The van der Waals surface area contributed by atoms with E-state index in [1.807, 2.05) is 13.8 Å². The number of ketones is 1. The van der Waals surface area contributed by atoms with Gasteiger partial charge in [-0.2, -0.15) is 0 Å². The van der Waals surface area contributed by atoms with Crippen molar-refractivity contribution in [2.45, 2.75) is 45.6 Å². The van der Waals surface area contributed by atoms with Crippen LogP contribution in [0.1, 0.15) is 40.0 Å². The molecule has 0 rings (SSSR count). The van der Waals surface area contributed by atoms with Crippen LogP contribution in [0.5, 0.6) is 0 Å². The molecule has 1 N–H and O–H groups in total. The van der Waals surface area contributed by atoms with E-state index in [1.54, 1.807) is 6.92 Å². The zero-order valence-corrected chi connectivity index (χ0v) is 10.8. The molecule has 0 saturated carbocycles. The second kappa shape index (κ2) is 8.20. The topological polar surface area (TPSA) is 72.8 Å². The molecule has 0 aromatic carbocycles. The minimum atomic E-state index is -1.75. The van der Waals surface area contributed by atoms with Crippen LogP contribution in [-0.2, 0) is 19.1 Å². The lowest BCUT2D eigenvalue weighted by Crippen LogP contribution is -2.50. The molecule has 0 heterocycles. The summed E-state index contributed by atoms with van der Waals surface area (Å²) in [6, 6.07) is 0. The van der Waals surface area contributed by atoms with Crippen molar-refractivity contribution >= 4 is 11.8 Å². The Morgan fingerprint density at radius 2 is 1.71 bits per heavy atom. The molecule has 0 radical (unpaired) electrons. The molecule has 5 nitrogen and oxygen atoms in total. The maximum absolute atomic E-state index is 11.9. The van der Waals surface area contributed by atoms with Crippen LogP contribution in [0.4, 0.5) is 0 Å². The first-order valence-electron chi connectivity index (χ1n) is 6.03. The third-order valence-corrected chi connectivity index (χ3v) is 2.43. The summed E-state index contributed by atoms with van der Waals surface area (Å²) in [6.45, 7) is 5.89. The molecule has 0 aliphatic heterocycles. The maximum Gasteiger partial charge on any atom is 0.343 e. The third kappa shape index (κ3) is 4.44. The van der Waals surface area contributed by atoms with E-state index < -0.39 is 17.4 Å². The lowest BCUT2D eigenvalue weighted by molar-refractivity contribution is -0.175. The quantitative estimate of drug-likeness (QED) is 0.468. The highest BCUT2D eigenvalue weighted by molar-refractivity contribution is 6.07. The number of carboxylic acid groups (broad SMARTS) is 1. The molecule has 0 fully saturated rings. The largest absolute Gasteiger partial charge is 0.479 e. The standard InChI is InChI=1S/C12H22O5/c1-4-7-16-9-10(13)12(6-3,11(14)15)17-8-5-2/h4-9H2,1-3H3,(H,14,15). The molecule has 0 aliphatic rings. The van der Waals surface area contributed by atoms with Crippen molar-refractivity contribution in [2.24, 2.45) is 0 Å². The summed E-state index contributed by atoms with van der Waals surface area (Å²) < 4.78 is 10.3. The second-order valence-electron chi connectivity index (χ2n) is 3.81. The SMILES string of the molecule is CCCOCC(=O)C(CC)(OCCC)C(=O)O. The highest BCUT2D eigenvalue weighted by Gasteiger charge is 2.45. The third-order valence-electron chi connectivity index (χ3n) is 2.43. The van der Waals surface area contributed by atoms with Gasteiger partial charge in [0, 0.05) is 13.2 Å². The second-order valence-corrected chi connectivity index (χ2v) is 3.81. The zero-order valence-electron chi connectivity index (χ0n) is 10.8. The molecule has 100 valence electrons. The molecule has 1 unspecified atom stereocenters. The lowest BCUT2D eigenvalue weighted by Gasteiger charge is -2.26. The van der Waals surface area contributed by atoms with E-state index in [1.165, 1.54) is 0 Å². The highest BCUT2D eigenvalue weighted by atomic mass is 16.5. The van der Waals surface area contributed by atoms with E-state index in [0.29, 0.717) is 13.0 Å². The van der Waals surface area contributed by atoms with E-state index in [2.05, 4.69) is 0 Å². The fourth-order valence-corrected chi connectivity index (χ4v) is 1.41. The van der Waals surface area contributed by atoms with Gasteiger partial charge in [-0.15, -0.1) is 0 Å². The molecule has 0 aromatic rings. The molecular weight excluding hydrogens is 224 g/mol. The maximum atomic E-state index is 11.9. The predicted octanol–water partition coefficient (Wildman–Crippen LogP) is 1.64. The Labute approximate surface area is 102 Å². The normalized spacial score (nSPS) is 14.3. The summed E-state index contributed by atoms with van der Waals surface area (Å²) in [6.07, 6.45) is 1.56. The Hall–Kier alpha value is -0.940. The van der Waals surface area contributed by atoms with Gasteiger partial charge in [0.05, 0.1) is 0 Å². The van der Waals surface area contributed by atoms with Gasteiger partial charge in [-0.05, 0) is 19.3 Å². The molecule has 1 atom stereocenters. The fraction of sp³-hybridized carbons (Fsp3) is 0.833. The van der Waals surface area contributed by atoms with E-state index in [-0.39, 0.29) is 19.6 Å². The van der Waals surface area contributed by atoms with E-state index in [4.69, 9.17) is 9.47 Å². The Kier molecular flexibility index (Phi) is 7.74. The molecule has 0 bridgehead atoms. The molecule has 0 aromatic heterocycles. The van der Waals surface area contributed by atoms with Crippen LogP contribution in [0.15, 0.2) is 0 Å². The van der Waals surface area contributed by atoms with Crippen LogP contribution in [0.2, 0.25) is 0 Å². The smallest absolute Gasteiger partial charge is 0.343 e. The number of hydrogen-bond acceptors (Lipinski definition) is 4. The van der Waals surface area contributed by atoms with Gasteiger partial charge in [0.25, 0.3) is 0 Å². The Balaban J connectivity index is 4.64. The number of rotatable bonds is 10. The average molecular weight is 246 g/mol. The van der Waals surface area contributed by atoms with Crippen molar-refractivity contribution in [1.82, 2.24) is 0 Å². The molecule has 0 saturated heterocycles. The van der Waals surface area contributed by atoms with Crippen LogP contribution in [0.3, 0.4) is 0 Å². The predicted molar refractivity (Wildman–Crippen MR) is 63.0 cm³/mol. The van der Waals surface area contributed by atoms with Crippen LogP contribution in [0, 0.1) is 0 Å². The Morgan fingerprint density at radius 1 is 1.12 bits per heavy atom. The van der Waals surface area contributed by atoms with Gasteiger partial charge in [-0.1, -0.05) is 20.8 Å². The molecule has 0 spiro atoms. The average Bonchev–Trinajstić information content (AvgIpc) is 2.30. The highest BCUT2D eigenvalue weighted by Crippen LogP contribution is 2.19. The first kappa shape index (κ1) is 16.1. The zero-order chi connectivity index (χ0) is 13.3. The fourth-order valence-electron chi connectivity index (χ4n) is 1.41. The van der Waals surface area contributed by atoms with E-state index in [9.17, 15) is 14.7 Å². The van der Waals surface area contributed by atoms with Crippen molar-refractivity contribution in [2.75, 3.05) is 19.8 Å². The van der Waals surface area contributed by atoms with Gasteiger partial charge in [-0.25, -0.2) is 4.79 Å². The number of carbonyl (C=O) groups excluding carboxylic acids is 1. The number of Topliss-reactive ketones (excluding diaryl/α,β-unsaturated/α-hetero) is 1. The first-order valence-corrected chi connectivity index (χ1v) is 6.03. The molecule has 0 amide bonds. The van der Waals surface area contributed by atoms with Crippen molar-refractivity contribution in [3.8, 4) is 0 Å². The lowest BCUT2D eigenvalue weighted by atomic mass is 9.95. The number of ether oxygens (including phenoxy) is 2. The molecule has 0 aliphatic carbocycles. The van der Waals surface area contributed by atoms with Gasteiger partial charge in [0.15, 0.2) is 0 Å². The molecule has 5 heteroatoms. The number of carbonyl (C=O) groups is 2. The van der Waals surface area contributed by atoms with Crippen molar-refractivity contribution < 1.29 is 24.2 Å². The van der Waals surface area contributed by atoms with Gasteiger partial charge >= 0.3 is 5.97 Å². The minimum absolute atomic E-state index is 0.108. The summed E-state index contributed by atoms with van der Waals surface area (Å²) in [7, 11) is 0.